The Labute approximate surface area is 262 Å². The molecule has 0 aromatic carbocycles. The molecule has 0 bridgehead atoms. The van der Waals surface area contributed by atoms with Gasteiger partial charge in [-0.05, 0) is 37.8 Å². The largest absolute Gasteiger partial charge is 0.467 e. The molecule has 5 rings (SSSR count). The first-order valence-electron chi connectivity index (χ1n) is 13.7. The van der Waals surface area contributed by atoms with Crippen molar-refractivity contribution in [3.63, 3.8) is 0 Å². The van der Waals surface area contributed by atoms with Gasteiger partial charge in [-0.1, -0.05) is 11.6 Å². The van der Waals surface area contributed by atoms with Crippen molar-refractivity contribution >= 4 is 29.4 Å². The summed E-state index contributed by atoms with van der Waals surface area (Å²) < 4.78 is 85.6. The van der Waals surface area contributed by atoms with Crippen LogP contribution in [0.4, 0.5) is 42.9 Å². The lowest BCUT2D eigenvalue weighted by Gasteiger charge is -2.36. The fourth-order valence-corrected chi connectivity index (χ4v) is 5.10. The molecule has 0 aliphatic heterocycles. The van der Waals surface area contributed by atoms with Gasteiger partial charge >= 0.3 is 18.2 Å². The molecule has 46 heavy (non-hydrogen) atoms. The van der Waals surface area contributed by atoms with Crippen molar-refractivity contribution in [1.82, 2.24) is 40.4 Å². The minimum absolute atomic E-state index is 0.0599. The summed E-state index contributed by atoms with van der Waals surface area (Å²) in [6.45, 7) is 0. The molecule has 0 saturated heterocycles. The minimum atomic E-state index is -4.77. The van der Waals surface area contributed by atoms with E-state index >= 15 is 0 Å². The highest BCUT2D eigenvalue weighted by molar-refractivity contribution is 6.32. The predicted octanol–water partition coefficient (Wildman–Crippen LogP) is 5.90. The fraction of sp³-hybridized carbons (Fsp3) is 0.370. The number of nitrogens with zero attached hydrogens (tertiary/aromatic N) is 7. The number of amides is 2. The van der Waals surface area contributed by atoms with E-state index in [1.54, 1.807) is 11.4 Å². The molecule has 1 fully saturated rings. The summed E-state index contributed by atoms with van der Waals surface area (Å²) in [5.74, 6) is -0.0164. The second-order valence-corrected chi connectivity index (χ2v) is 10.5. The van der Waals surface area contributed by atoms with Crippen molar-refractivity contribution in [2.45, 2.75) is 56.7 Å². The van der Waals surface area contributed by atoms with Gasteiger partial charge in [-0.2, -0.15) is 18.3 Å². The summed E-state index contributed by atoms with van der Waals surface area (Å²) in [5.41, 5.74) is -0.652. The topological polar surface area (TPSA) is 147 Å². The van der Waals surface area contributed by atoms with Crippen LogP contribution in [0.1, 0.15) is 31.2 Å². The number of pyridine rings is 1. The number of ether oxygens (including phenoxy) is 1. The number of hydrogen-bond acceptors (Lipinski definition) is 9. The molecule has 3 N–H and O–H groups in total. The molecule has 19 heteroatoms. The highest BCUT2D eigenvalue weighted by atomic mass is 35.5. The van der Waals surface area contributed by atoms with Crippen LogP contribution in [0.3, 0.4) is 0 Å². The number of nitrogens with one attached hydrogen (secondary N) is 3. The molecule has 2 amide bonds. The number of aromatic amines is 1. The molecule has 1 aliphatic carbocycles. The number of anilines is 2. The monoisotopic (exact) mass is 670 g/mol. The van der Waals surface area contributed by atoms with Crippen LogP contribution >= 0.6 is 11.6 Å². The van der Waals surface area contributed by atoms with Crippen LogP contribution in [-0.2, 0) is 6.18 Å². The summed E-state index contributed by atoms with van der Waals surface area (Å²) in [5, 5.41) is 10.8. The van der Waals surface area contributed by atoms with Crippen molar-refractivity contribution in [1.29, 1.82) is 0 Å². The standard InChI is InChI=1S/C27H25ClF6N10O2/c1-46-25-37-9-14(10-38-25)13-2-7-19(35-8-13)44(26(45)42-23(31)22(29)30)16-5-3-15(4-6-16)40-24-36-11-17(27(32,33)34)20(41-24)21-18(28)12-39-43-21/h2,7-12,15-16,22-23H,3-6H2,1H3,(H,39,43)(H,42,45)(H,36,40,41). The van der Waals surface area contributed by atoms with E-state index in [-0.39, 0.29) is 34.5 Å². The summed E-state index contributed by atoms with van der Waals surface area (Å²) in [6.07, 6.45) is -3.49. The molecular weight excluding hydrogens is 646 g/mol. The van der Waals surface area contributed by atoms with Crippen molar-refractivity contribution in [2.75, 3.05) is 17.3 Å². The number of urea groups is 1. The molecule has 1 saturated carbocycles. The van der Waals surface area contributed by atoms with E-state index in [2.05, 4.69) is 40.4 Å². The van der Waals surface area contributed by atoms with Crippen molar-refractivity contribution in [2.24, 2.45) is 0 Å². The Morgan fingerprint density at radius 2 is 1.70 bits per heavy atom. The molecule has 4 heterocycles. The van der Waals surface area contributed by atoms with Crippen LogP contribution in [0.2, 0.25) is 5.02 Å². The van der Waals surface area contributed by atoms with Gasteiger partial charge in [0.05, 0.1) is 12.1 Å². The van der Waals surface area contributed by atoms with Gasteiger partial charge in [0.15, 0.2) is 0 Å². The van der Waals surface area contributed by atoms with Gasteiger partial charge in [0.25, 0.3) is 6.43 Å². The third-order valence-electron chi connectivity index (χ3n) is 7.15. The number of methoxy groups -OCH3 is 1. The SMILES string of the molecule is COc1ncc(-c2ccc(N(C(=O)NC(F)C(F)F)C3CCC(Nc4ncc(C(F)(F)F)c(-c5n[nH]cc5Cl)n4)CC3)nc2)cn1. The maximum absolute atomic E-state index is 13.9. The Balaban J connectivity index is 1.32. The number of halogens is 7. The van der Waals surface area contributed by atoms with E-state index in [9.17, 15) is 31.1 Å². The number of alkyl halides is 6. The maximum Gasteiger partial charge on any atom is 0.420 e. The number of carbonyl (C=O) groups is 1. The Bertz CT molecular complexity index is 1630. The maximum atomic E-state index is 13.9. The molecule has 0 radical (unpaired) electrons. The predicted molar refractivity (Wildman–Crippen MR) is 153 cm³/mol. The van der Waals surface area contributed by atoms with Crippen LogP contribution in [-0.4, -0.2) is 73.1 Å². The zero-order chi connectivity index (χ0) is 33.0. The molecule has 1 unspecified atom stereocenters. The third-order valence-corrected chi connectivity index (χ3v) is 7.44. The summed E-state index contributed by atoms with van der Waals surface area (Å²) in [4.78, 5) is 34.4. The molecule has 4 aromatic rings. The van der Waals surface area contributed by atoms with E-state index in [1.807, 2.05) is 0 Å². The van der Waals surface area contributed by atoms with Crippen LogP contribution in [0.15, 0.2) is 43.1 Å². The zero-order valence-electron chi connectivity index (χ0n) is 23.8. The van der Waals surface area contributed by atoms with Gasteiger partial charge in [0.2, 0.25) is 12.2 Å². The molecule has 0 spiro atoms. The molecule has 12 nitrogen and oxygen atoms in total. The Hall–Kier alpha value is -4.74. The van der Waals surface area contributed by atoms with Crippen molar-refractivity contribution in [3.05, 3.63) is 53.7 Å². The number of rotatable bonds is 9. The molecular formula is C27H25ClF6N10O2. The lowest BCUT2D eigenvalue weighted by molar-refractivity contribution is -0.137. The fourth-order valence-electron chi connectivity index (χ4n) is 4.92. The van der Waals surface area contributed by atoms with E-state index in [0.717, 1.165) is 4.90 Å². The second kappa shape index (κ2) is 13.7. The van der Waals surface area contributed by atoms with Crippen LogP contribution in [0, 0.1) is 0 Å². The van der Waals surface area contributed by atoms with Crippen LogP contribution in [0.5, 0.6) is 6.01 Å². The molecule has 4 aromatic heterocycles. The van der Waals surface area contributed by atoms with Crippen LogP contribution < -0.4 is 20.3 Å². The van der Waals surface area contributed by atoms with E-state index < -0.39 is 42.2 Å². The number of aromatic nitrogens is 7. The van der Waals surface area contributed by atoms with E-state index in [4.69, 9.17) is 16.3 Å². The average Bonchev–Trinajstić information content (AvgIpc) is 3.47. The Kier molecular flexibility index (Phi) is 9.74. The van der Waals surface area contributed by atoms with Gasteiger partial charge in [-0.25, -0.2) is 42.9 Å². The van der Waals surface area contributed by atoms with Gasteiger partial charge in [-0.3, -0.25) is 10.00 Å². The second-order valence-electron chi connectivity index (χ2n) is 10.1. The lowest BCUT2D eigenvalue weighted by Crippen LogP contribution is -2.52. The molecule has 1 aliphatic rings. The van der Waals surface area contributed by atoms with Crippen molar-refractivity contribution in [3.8, 4) is 28.5 Å². The quantitative estimate of drug-likeness (QED) is 0.146. The smallest absolute Gasteiger partial charge is 0.420 e. The highest BCUT2D eigenvalue weighted by Crippen LogP contribution is 2.38. The van der Waals surface area contributed by atoms with Gasteiger partial charge in [0.1, 0.15) is 22.8 Å². The van der Waals surface area contributed by atoms with E-state index in [1.165, 1.54) is 38.0 Å². The Morgan fingerprint density at radius 1 is 1.00 bits per heavy atom. The number of hydrogen-bond donors (Lipinski definition) is 3. The Morgan fingerprint density at radius 3 is 2.26 bits per heavy atom. The summed E-state index contributed by atoms with van der Waals surface area (Å²) >= 11 is 6.00. The number of H-pyrrole nitrogens is 1. The highest BCUT2D eigenvalue weighted by Gasteiger charge is 2.37. The van der Waals surface area contributed by atoms with Gasteiger partial charge in [0, 0.05) is 54.2 Å². The number of carbonyl (C=O) groups excluding carboxylic acids is 1. The minimum Gasteiger partial charge on any atom is -0.467 e. The lowest BCUT2D eigenvalue weighted by atomic mass is 9.90. The third kappa shape index (κ3) is 7.38. The molecule has 244 valence electrons. The van der Waals surface area contributed by atoms with Crippen molar-refractivity contribution < 1.29 is 35.9 Å². The molecule has 1 atom stereocenters. The normalized spacial score (nSPS) is 17.4. The average molecular weight is 671 g/mol. The summed E-state index contributed by atoms with van der Waals surface area (Å²) in [6, 6.07) is 1.24. The van der Waals surface area contributed by atoms with E-state index in [0.29, 0.717) is 43.0 Å². The first kappa shape index (κ1) is 32.6. The first-order chi connectivity index (χ1) is 21.9. The van der Waals surface area contributed by atoms with Gasteiger partial charge < -0.3 is 15.4 Å². The summed E-state index contributed by atoms with van der Waals surface area (Å²) in [7, 11) is 1.42. The first-order valence-corrected chi connectivity index (χ1v) is 14.1. The van der Waals surface area contributed by atoms with Crippen LogP contribution in [0.25, 0.3) is 22.5 Å². The van der Waals surface area contributed by atoms with Gasteiger partial charge in [-0.15, -0.1) is 0 Å². The zero-order valence-corrected chi connectivity index (χ0v) is 24.5.